The Balaban J connectivity index is 2.83. The molecule has 0 aromatic heterocycles. The molecule has 0 saturated carbocycles. The van der Waals surface area contributed by atoms with Crippen LogP contribution in [0.1, 0.15) is 33.3 Å². The Morgan fingerprint density at radius 2 is 2.00 bits per heavy atom. The quantitative estimate of drug-likeness (QED) is 0.797. The Morgan fingerprint density at radius 3 is 2.55 bits per heavy atom. The number of likely N-dealkylation sites (N-methyl/N-ethyl adjacent to an activating group) is 1. The van der Waals surface area contributed by atoms with Crippen molar-refractivity contribution in [3.63, 3.8) is 0 Å². The number of hydrogen-bond donors (Lipinski definition) is 2. The van der Waals surface area contributed by atoms with Gasteiger partial charge in [-0.3, -0.25) is 0 Å². The predicted molar refractivity (Wildman–Crippen MR) is 90.3 cm³/mol. The number of aliphatic hydroxyl groups is 1. The van der Waals surface area contributed by atoms with Gasteiger partial charge in [-0.15, -0.1) is 0 Å². The summed E-state index contributed by atoms with van der Waals surface area (Å²) < 4.78 is 1.08. The normalized spacial score (nSPS) is 12.0. The summed E-state index contributed by atoms with van der Waals surface area (Å²) in [6.07, 6.45) is 0. The van der Waals surface area contributed by atoms with Crippen LogP contribution in [-0.4, -0.2) is 30.8 Å². The first-order valence-electron chi connectivity index (χ1n) is 7.11. The number of benzene rings is 1. The van der Waals surface area contributed by atoms with Gasteiger partial charge in [0.2, 0.25) is 0 Å². The third-order valence-electron chi connectivity index (χ3n) is 2.94. The number of hydrogen-bond acceptors (Lipinski definition) is 3. The lowest BCUT2D eigenvalue weighted by Gasteiger charge is -2.29. The summed E-state index contributed by atoms with van der Waals surface area (Å²) in [5.74, 6) is 0.639. The molecule has 3 nitrogen and oxygen atoms in total. The van der Waals surface area contributed by atoms with Gasteiger partial charge in [0.1, 0.15) is 0 Å². The molecule has 1 rings (SSSR count). The maximum absolute atomic E-state index is 9.98. The molecule has 0 radical (unpaired) electrons. The van der Waals surface area contributed by atoms with E-state index < -0.39 is 5.60 Å². The van der Waals surface area contributed by atoms with Gasteiger partial charge < -0.3 is 15.3 Å². The summed E-state index contributed by atoms with van der Waals surface area (Å²) in [5, 5.41) is 13.5. The highest BCUT2D eigenvalue weighted by Crippen LogP contribution is 2.25. The van der Waals surface area contributed by atoms with Crippen LogP contribution in [0.25, 0.3) is 0 Å². The summed E-state index contributed by atoms with van der Waals surface area (Å²) in [6, 6.07) is 6.29. The van der Waals surface area contributed by atoms with Crippen molar-refractivity contribution in [2.75, 3.05) is 25.0 Å². The van der Waals surface area contributed by atoms with E-state index in [4.69, 9.17) is 0 Å². The third kappa shape index (κ3) is 6.25. The van der Waals surface area contributed by atoms with Crippen LogP contribution < -0.4 is 10.2 Å². The molecule has 1 aromatic rings. The van der Waals surface area contributed by atoms with Gasteiger partial charge >= 0.3 is 0 Å². The number of halogens is 1. The van der Waals surface area contributed by atoms with Crippen molar-refractivity contribution in [3.05, 3.63) is 28.2 Å². The topological polar surface area (TPSA) is 35.5 Å². The molecular formula is C16H27BrN2O. The van der Waals surface area contributed by atoms with Crippen LogP contribution in [0.2, 0.25) is 0 Å². The lowest BCUT2D eigenvalue weighted by atomic mass is 10.1. The van der Waals surface area contributed by atoms with E-state index in [0.717, 1.165) is 23.2 Å². The summed E-state index contributed by atoms with van der Waals surface area (Å²) in [6.45, 7) is 10.5. The van der Waals surface area contributed by atoms with Crippen molar-refractivity contribution >= 4 is 21.6 Å². The highest BCUT2D eigenvalue weighted by molar-refractivity contribution is 9.10. The first-order chi connectivity index (χ1) is 9.19. The Bertz CT molecular complexity index is 427. The lowest BCUT2D eigenvalue weighted by molar-refractivity contribution is 0.0886. The molecule has 0 saturated heterocycles. The standard InChI is InChI=1S/C16H27BrN2O/c1-12(2)9-18-10-13-8-14(17)6-7-15(13)19(5)11-16(3,4)20/h6-8,12,18,20H,9-11H2,1-5H3. The minimum atomic E-state index is -0.704. The SMILES string of the molecule is CC(C)CNCc1cc(Br)ccc1N(C)CC(C)(C)O. The van der Waals surface area contributed by atoms with Gasteiger partial charge in [-0.1, -0.05) is 29.8 Å². The van der Waals surface area contributed by atoms with Gasteiger partial charge in [-0.05, 0) is 50.1 Å². The molecule has 0 fully saturated rings. The fourth-order valence-corrected chi connectivity index (χ4v) is 2.64. The average molecular weight is 343 g/mol. The molecule has 0 aliphatic heterocycles. The van der Waals surface area contributed by atoms with Crippen molar-refractivity contribution in [1.29, 1.82) is 0 Å². The minimum Gasteiger partial charge on any atom is -0.389 e. The summed E-state index contributed by atoms with van der Waals surface area (Å²) in [4.78, 5) is 2.11. The molecule has 0 bridgehead atoms. The fourth-order valence-electron chi connectivity index (χ4n) is 2.23. The van der Waals surface area contributed by atoms with Crippen LogP contribution in [0.3, 0.4) is 0 Å². The summed E-state index contributed by atoms with van der Waals surface area (Å²) in [5.41, 5.74) is 1.70. The van der Waals surface area contributed by atoms with Crippen molar-refractivity contribution in [2.45, 2.75) is 39.8 Å². The number of nitrogens with one attached hydrogen (secondary N) is 1. The molecule has 0 spiro atoms. The predicted octanol–water partition coefficient (Wildman–Crippen LogP) is 3.40. The zero-order chi connectivity index (χ0) is 15.3. The van der Waals surface area contributed by atoms with E-state index in [1.54, 1.807) is 0 Å². The summed E-state index contributed by atoms with van der Waals surface area (Å²) >= 11 is 3.53. The minimum absolute atomic E-state index is 0.603. The monoisotopic (exact) mass is 342 g/mol. The van der Waals surface area contributed by atoms with Gasteiger partial charge in [0.25, 0.3) is 0 Å². The molecular weight excluding hydrogens is 316 g/mol. The van der Waals surface area contributed by atoms with Crippen LogP contribution in [-0.2, 0) is 6.54 Å². The van der Waals surface area contributed by atoms with Crippen LogP contribution in [0.15, 0.2) is 22.7 Å². The number of nitrogens with zero attached hydrogens (tertiary/aromatic N) is 1. The van der Waals surface area contributed by atoms with Crippen molar-refractivity contribution in [2.24, 2.45) is 5.92 Å². The van der Waals surface area contributed by atoms with Crippen molar-refractivity contribution in [1.82, 2.24) is 5.32 Å². The first-order valence-corrected chi connectivity index (χ1v) is 7.91. The molecule has 0 amide bonds. The second-order valence-electron chi connectivity index (χ2n) is 6.47. The smallest absolute Gasteiger partial charge is 0.0765 e. The molecule has 114 valence electrons. The van der Waals surface area contributed by atoms with Gasteiger partial charge in [0.05, 0.1) is 5.60 Å². The molecule has 20 heavy (non-hydrogen) atoms. The Hall–Kier alpha value is -0.580. The largest absolute Gasteiger partial charge is 0.389 e. The highest BCUT2D eigenvalue weighted by Gasteiger charge is 2.17. The first kappa shape index (κ1) is 17.5. The van der Waals surface area contributed by atoms with Gasteiger partial charge in [-0.2, -0.15) is 0 Å². The van der Waals surface area contributed by atoms with E-state index in [9.17, 15) is 5.11 Å². The maximum Gasteiger partial charge on any atom is 0.0765 e. The van der Waals surface area contributed by atoms with E-state index in [1.165, 1.54) is 5.56 Å². The fraction of sp³-hybridized carbons (Fsp3) is 0.625. The molecule has 0 aliphatic rings. The number of anilines is 1. The van der Waals surface area contributed by atoms with Crippen LogP contribution >= 0.6 is 15.9 Å². The van der Waals surface area contributed by atoms with Crippen LogP contribution in [0, 0.1) is 5.92 Å². The second-order valence-corrected chi connectivity index (χ2v) is 7.38. The zero-order valence-corrected chi connectivity index (χ0v) is 14.8. The maximum atomic E-state index is 9.98. The Morgan fingerprint density at radius 1 is 1.35 bits per heavy atom. The molecule has 0 aliphatic carbocycles. The van der Waals surface area contributed by atoms with Crippen molar-refractivity contribution in [3.8, 4) is 0 Å². The van der Waals surface area contributed by atoms with E-state index in [0.29, 0.717) is 12.5 Å². The van der Waals surface area contributed by atoms with Gasteiger partial charge in [0, 0.05) is 30.3 Å². The third-order valence-corrected chi connectivity index (χ3v) is 3.44. The molecule has 0 atom stereocenters. The van der Waals surface area contributed by atoms with E-state index in [-0.39, 0.29) is 0 Å². The molecule has 0 unspecified atom stereocenters. The molecule has 0 heterocycles. The number of rotatable bonds is 7. The van der Waals surface area contributed by atoms with E-state index >= 15 is 0 Å². The average Bonchev–Trinajstić information content (AvgIpc) is 2.25. The zero-order valence-electron chi connectivity index (χ0n) is 13.2. The van der Waals surface area contributed by atoms with Gasteiger partial charge in [0.15, 0.2) is 0 Å². The van der Waals surface area contributed by atoms with Crippen molar-refractivity contribution < 1.29 is 5.11 Å². The Labute approximate surface area is 131 Å². The van der Waals surface area contributed by atoms with Gasteiger partial charge in [-0.25, -0.2) is 0 Å². The van der Waals surface area contributed by atoms with Crippen LogP contribution in [0.4, 0.5) is 5.69 Å². The Kier molecular flexibility index (Phi) is 6.49. The summed E-state index contributed by atoms with van der Waals surface area (Å²) in [7, 11) is 2.02. The van der Waals surface area contributed by atoms with E-state index in [1.807, 2.05) is 27.0 Å². The second kappa shape index (κ2) is 7.43. The molecule has 1 aromatic carbocycles. The molecule has 4 heteroatoms. The van der Waals surface area contributed by atoms with E-state index in [2.05, 4.69) is 52.1 Å². The molecule has 2 N–H and O–H groups in total. The lowest BCUT2D eigenvalue weighted by Crippen LogP contribution is -2.37. The van der Waals surface area contributed by atoms with Crippen LogP contribution in [0.5, 0.6) is 0 Å². The highest BCUT2D eigenvalue weighted by atomic mass is 79.9.